The molecule has 0 bridgehead atoms. The topological polar surface area (TPSA) is 64.1 Å². The molecular weight excluding hydrogens is 345 g/mol. The molecule has 18 heavy (non-hydrogen) atoms. The first-order valence-electron chi connectivity index (χ1n) is 5.64. The first kappa shape index (κ1) is 14.9. The van der Waals surface area contributed by atoms with Crippen LogP contribution in [-0.4, -0.2) is 29.6 Å². The van der Waals surface area contributed by atoms with E-state index in [1.54, 1.807) is 12.4 Å². The highest BCUT2D eigenvalue weighted by Crippen LogP contribution is 2.08. The van der Waals surface area contributed by atoms with Gasteiger partial charge in [0.15, 0.2) is 0 Å². The van der Waals surface area contributed by atoms with E-state index in [2.05, 4.69) is 42.6 Å². The molecule has 0 aliphatic rings. The average Bonchev–Trinajstić information content (AvgIpc) is 2.39. The van der Waals surface area contributed by atoms with Crippen LogP contribution in [0, 0.1) is 3.57 Å². The zero-order valence-electron chi connectivity index (χ0n) is 10.4. The molecule has 1 rings (SSSR count). The number of nitrogens with one attached hydrogen (secondary N) is 1. The molecule has 0 aliphatic carbocycles. The predicted octanol–water partition coefficient (Wildman–Crippen LogP) is 2.39. The maximum atomic E-state index is 11.1. The molecular formula is C12H16IN3O2. The Morgan fingerprint density at radius 2 is 2.17 bits per heavy atom. The molecule has 0 unspecified atom stereocenters. The second kappa shape index (κ2) is 8.02. The Morgan fingerprint density at radius 1 is 1.50 bits per heavy atom. The molecule has 0 atom stereocenters. The maximum Gasteiger partial charge on any atom is 0.330 e. The Morgan fingerprint density at radius 3 is 2.72 bits per heavy atom. The van der Waals surface area contributed by atoms with Gasteiger partial charge in [0.25, 0.3) is 0 Å². The van der Waals surface area contributed by atoms with Gasteiger partial charge in [-0.05, 0) is 35.4 Å². The van der Waals surface area contributed by atoms with E-state index >= 15 is 0 Å². The van der Waals surface area contributed by atoms with Crippen LogP contribution in [0.25, 0.3) is 0 Å². The monoisotopic (exact) mass is 361 g/mol. The standard InChI is InChI=1S/C12H16IN3O2/c1-3-9(6-11(17)18-2)4-5-14-12-15-7-10(13)8-16-12/h6-8H,3-5H2,1-2H3,(H,14,15,16)/b9-6-. The normalized spacial score (nSPS) is 11.2. The molecule has 0 saturated carbocycles. The number of methoxy groups -OCH3 is 1. The Hall–Kier alpha value is -1.18. The molecule has 1 aromatic rings. The first-order valence-corrected chi connectivity index (χ1v) is 6.72. The van der Waals surface area contributed by atoms with Crippen molar-refractivity contribution in [3.05, 3.63) is 27.6 Å². The van der Waals surface area contributed by atoms with Gasteiger partial charge in [0, 0.05) is 28.6 Å². The minimum atomic E-state index is -0.308. The number of hydrogen-bond acceptors (Lipinski definition) is 5. The lowest BCUT2D eigenvalue weighted by molar-refractivity contribution is -0.134. The molecule has 0 fully saturated rings. The molecule has 0 radical (unpaired) electrons. The molecule has 0 amide bonds. The molecule has 1 N–H and O–H groups in total. The van der Waals surface area contributed by atoms with E-state index < -0.39 is 0 Å². The van der Waals surface area contributed by atoms with Crippen LogP contribution in [0.5, 0.6) is 0 Å². The second-order valence-electron chi connectivity index (χ2n) is 3.58. The van der Waals surface area contributed by atoms with Crippen LogP contribution in [0.2, 0.25) is 0 Å². The number of esters is 1. The van der Waals surface area contributed by atoms with Gasteiger partial charge in [0.2, 0.25) is 5.95 Å². The lowest BCUT2D eigenvalue weighted by Crippen LogP contribution is -2.07. The van der Waals surface area contributed by atoms with Crippen LogP contribution < -0.4 is 5.32 Å². The minimum absolute atomic E-state index is 0.308. The van der Waals surface area contributed by atoms with Gasteiger partial charge in [-0.3, -0.25) is 0 Å². The molecule has 6 heteroatoms. The summed E-state index contributed by atoms with van der Waals surface area (Å²) in [5.41, 5.74) is 1.04. The molecule has 0 spiro atoms. The van der Waals surface area contributed by atoms with Crippen molar-refractivity contribution < 1.29 is 9.53 Å². The van der Waals surface area contributed by atoms with E-state index in [0.717, 1.165) is 22.0 Å². The third kappa shape index (κ3) is 5.44. The SMILES string of the molecule is CC/C(=C/C(=O)OC)CCNc1ncc(I)cn1. The van der Waals surface area contributed by atoms with Gasteiger partial charge in [-0.1, -0.05) is 12.5 Å². The number of nitrogens with zero attached hydrogens (tertiary/aromatic N) is 2. The molecule has 1 heterocycles. The van der Waals surface area contributed by atoms with Crippen LogP contribution in [0.3, 0.4) is 0 Å². The summed E-state index contributed by atoms with van der Waals surface area (Å²) >= 11 is 2.15. The lowest BCUT2D eigenvalue weighted by atomic mass is 10.1. The Labute approximate surface area is 120 Å². The van der Waals surface area contributed by atoms with Crippen LogP contribution in [0.4, 0.5) is 5.95 Å². The fraction of sp³-hybridized carbons (Fsp3) is 0.417. The van der Waals surface area contributed by atoms with Crippen molar-refractivity contribution in [2.75, 3.05) is 19.0 Å². The van der Waals surface area contributed by atoms with Crippen molar-refractivity contribution in [1.82, 2.24) is 9.97 Å². The van der Waals surface area contributed by atoms with E-state index in [9.17, 15) is 4.79 Å². The van der Waals surface area contributed by atoms with E-state index in [1.807, 2.05) is 6.92 Å². The number of anilines is 1. The number of rotatable bonds is 6. The summed E-state index contributed by atoms with van der Waals surface area (Å²) in [6.45, 7) is 2.70. The summed E-state index contributed by atoms with van der Waals surface area (Å²) in [6.07, 6.45) is 6.63. The lowest BCUT2D eigenvalue weighted by Gasteiger charge is -2.06. The van der Waals surface area contributed by atoms with Gasteiger partial charge in [-0.2, -0.15) is 0 Å². The molecule has 5 nitrogen and oxygen atoms in total. The minimum Gasteiger partial charge on any atom is -0.466 e. The number of hydrogen-bond donors (Lipinski definition) is 1. The summed E-state index contributed by atoms with van der Waals surface area (Å²) in [5, 5.41) is 3.11. The van der Waals surface area contributed by atoms with Gasteiger partial charge in [-0.25, -0.2) is 14.8 Å². The number of carbonyl (C=O) groups is 1. The van der Waals surface area contributed by atoms with E-state index in [-0.39, 0.29) is 5.97 Å². The fourth-order valence-corrected chi connectivity index (χ4v) is 1.59. The van der Waals surface area contributed by atoms with Crippen LogP contribution in [-0.2, 0) is 9.53 Å². The summed E-state index contributed by atoms with van der Waals surface area (Å²) < 4.78 is 5.60. The van der Waals surface area contributed by atoms with Crippen LogP contribution in [0.1, 0.15) is 19.8 Å². The highest BCUT2D eigenvalue weighted by molar-refractivity contribution is 14.1. The molecule has 98 valence electrons. The van der Waals surface area contributed by atoms with E-state index in [1.165, 1.54) is 13.2 Å². The number of halogens is 1. The van der Waals surface area contributed by atoms with E-state index in [4.69, 9.17) is 0 Å². The van der Waals surface area contributed by atoms with Crippen molar-refractivity contribution in [2.24, 2.45) is 0 Å². The number of aromatic nitrogens is 2. The highest BCUT2D eigenvalue weighted by atomic mass is 127. The van der Waals surface area contributed by atoms with E-state index in [0.29, 0.717) is 12.5 Å². The Bertz CT molecular complexity index is 418. The largest absolute Gasteiger partial charge is 0.466 e. The maximum absolute atomic E-state index is 11.1. The van der Waals surface area contributed by atoms with Gasteiger partial charge >= 0.3 is 5.97 Å². The molecule has 0 aliphatic heterocycles. The Kier molecular flexibility index (Phi) is 6.63. The third-order valence-electron chi connectivity index (χ3n) is 2.33. The van der Waals surface area contributed by atoms with Crippen molar-refractivity contribution >= 4 is 34.5 Å². The Balaban J connectivity index is 2.42. The molecule has 0 saturated heterocycles. The van der Waals surface area contributed by atoms with Crippen molar-refractivity contribution in [3.63, 3.8) is 0 Å². The van der Waals surface area contributed by atoms with Crippen molar-refractivity contribution in [3.8, 4) is 0 Å². The van der Waals surface area contributed by atoms with Crippen molar-refractivity contribution in [1.29, 1.82) is 0 Å². The second-order valence-corrected chi connectivity index (χ2v) is 4.83. The summed E-state index contributed by atoms with van der Waals surface area (Å²) in [4.78, 5) is 19.4. The summed E-state index contributed by atoms with van der Waals surface area (Å²) in [5.74, 6) is 0.293. The average molecular weight is 361 g/mol. The third-order valence-corrected chi connectivity index (χ3v) is 2.88. The van der Waals surface area contributed by atoms with Gasteiger partial charge < -0.3 is 10.1 Å². The summed E-state index contributed by atoms with van der Waals surface area (Å²) in [6, 6.07) is 0. The highest BCUT2D eigenvalue weighted by Gasteiger charge is 2.01. The smallest absolute Gasteiger partial charge is 0.330 e. The quantitative estimate of drug-likeness (QED) is 0.479. The number of ether oxygens (including phenoxy) is 1. The molecule has 0 aromatic carbocycles. The zero-order chi connectivity index (χ0) is 13.4. The van der Waals surface area contributed by atoms with Gasteiger partial charge in [0.1, 0.15) is 0 Å². The number of carbonyl (C=O) groups excluding carboxylic acids is 1. The van der Waals surface area contributed by atoms with Gasteiger partial charge in [0.05, 0.1) is 7.11 Å². The fourth-order valence-electron chi connectivity index (χ4n) is 1.32. The van der Waals surface area contributed by atoms with Crippen LogP contribution in [0.15, 0.2) is 24.0 Å². The van der Waals surface area contributed by atoms with Crippen LogP contribution >= 0.6 is 22.6 Å². The zero-order valence-corrected chi connectivity index (χ0v) is 12.6. The first-order chi connectivity index (χ1) is 8.65. The van der Waals surface area contributed by atoms with Crippen molar-refractivity contribution in [2.45, 2.75) is 19.8 Å². The van der Waals surface area contributed by atoms with Gasteiger partial charge in [-0.15, -0.1) is 0 Å². The molecule has 1 aromatic heterocycles. The summed E-state index contributed by atoms with van der Waals surface area (Å²) in [7, 11) is 1.38. The predicted molar refractivity (Wildman–Crippen MR) is 78.2 cm³/mol.